The third-order valence-electron chi connectivity index (χ3n) is 3.99. The molecule has 9 heteroatoms. The summed E-state index contributed by atoms with van der Waals surface area (Å²) in [4.78, 5) is 37.6. The third kappa shape index (κ3) is 8.61. The number of amides is 2. The predicted molar refractivity (Wildman–Crippen MR) is 113 cm³/mol. The van der Waals surface area contributed by atoms with Crippen LogP contribution in [0.2, 0.25) is 0 Å². The van der Waals surface area contributed by atoms with Gasteiger partial charge in [-0.3, -0.25) is 0 Å². The normalized spacial score (nSPS) is 16.0. The molecule has 0 aromatic heterocycles. The molecule has 0 heterocycles. The lowest BCUT2D eigenvalue weighted by atomic mass is 9.80. The van der Waals surface area contributed by atoms with Crippen LogP contribution in [0.1, 0.15) is 61.8 Å². The molecule has 0 saturated heterocycles. The standard InChI is InChI=1S/C21H38N2O7/c1-11-12-21(16(25)28-10,23-18(27)30-20(7,8)9)15(24)14(13(2)3)22-17(26)29-19(4,5)6/h11,13-15,24H,1,12H2,2-10H3,(H,22,26)(H,23,27)/t14-,15+,21-/m1/s1. The Bertz CT molecular complexity index is 620. The highest BCUT2D eigenvalue weighted by molar-refractivity contribution is 5.87. The summed E-state index contributed by atoms with van der Waals surface area (Å²) >= 11 is 0. The Morgan fingerprint density at radius 1 is 1.00 bits per heavy atom. The van der Waals surface area contributed by atoms with Crippen LogP contribution in [-0.2, 0) is 19.0 Å². The molecule has 0 aromatic carbocycles. The Morgan fingerprint density at radius 3 is 1.83 bits per heavy atom. The molecule has 174 valence electrons. The fraction of sp³-hybridized carbons (Fsp3) is 0.762. The SMILES string of the molecule is C=CC[C@](NC(=O)OC(C)(C)C)(C(=O)OC)[C@@H](O)[C@H](NC(=O)OC(C)(C)C)C(C)C. The number of carbonyl (C=O) groups excluding carboxylic acids is 3. The van der Waals surface area contributed by atoms with Crippen LogP contribution >= 0.6 is 0 Å². The first-order chi connectivity index (χ1) is 13.5. The Hall–Kier alpha value is -2.29. The van der Waals surface area contributed by atoms with Gasteiger partial charge in [-0.15, -0.1) is 6.58 Å². The molecule has 0 aliphatic heterocycles. The average Bonchev–Trinajstić information content (AvgIpc) is 2.54. The number of aliphatic hydroxyl groups excluding tert-OH is 1. The fourth-order valence-corrected chi connectivity index (χ4v) is 2.76. The van der Waals surface area contributed by atoms with Crippen molar-refractivity contribution in [2.24, 2.45) is 5.92 Å². The number of ether oxygens (including phenoxy) is 3. The van der Waals surface area contributed by atoms with E-state index in [0.717, 1.165) is 7.11 Å². The van der Waals surface area contributed by atoms with E-state index in [0.29, 0.717) is 0 Å². The first kappa shape index (κ1) is 27.7. The lowest BCUT2D eigenvalue weighted by Crippen LogP contribution is -2.68. The smallest absolute Gasteiger partial charge is 0.408 e. The number of rotatable bonds is 8. The molecule has 3 atom stereocenters. The lowest BCUT2D eigenvalue weighted by molar-refractivity contribution is -0.155. The number of carbonyl (C=O) groups is 3. The van der Waals surface area contributed by atoms with E-state index in [1.54, 1.807) is 55.4 Å². The second kappa shape index (κ2) is 10.7. The number of methoxy groups -OCH3 is 1. The fourth-order valence-electron chi connectivity index (χ4n) is 2.76. The number of hydrogen-bond donors (Lipinski definition) is 3. The summed E-state index contributed by atoms with van der Waals surface area (Å²) in [5.74, 6) is -1.24. The van der Waals surface area contributed by atoms with Crippen molar-refractivity contribution in [3.05, 3.63) is 12.7 Å². The highest BCUT2D eigenvalue weighted by Crippen LogP contribution is 2.26. The summed E-state index contributed by atoms with van der Waals surface area (Å²) in [6.07, 6.45) is -2.08. The first-order valence-corrected chi connectivity index (χ1v) is 9.87. The van der Waals surface area contributed by atoms with Gasteiger partial charge in [-0.1, -0.05) is 19.9 Å². The molecule has 0 aromatic rings. The Labute approximate surface area is 179 Å². The van der Waals surface area contributed by atoms with Crippen molar-refractivity contribution in [3.63, 3.8) is 0 Å². The van der Waals surface area contributed by atoms with Crippen LogP contribution in [0.4, 0.5) is 9.59 Å². The predicted octanol–water partition coefficient (Wildman–Crippen LogP) is 2.91. The van der Waals surface area contributed by atoms with Crippen LogP contribution in [0.3, 0.4) is 0 Å². The molecular formula is C21H38N2O7. The van der Waals surface area contributed by atoms with Gasteiger partial charge in [-0.2, -0.15) is 0 Å². The van der Waals surface area contributed by atoms with Gasteiger partial charge in [0.15, 0.2) is 5.54 Å². The van der Waals surface area contributed by atoms with Crippen molar-refractivity contribution in [3.8, 4) is 0 Å². The van der Waals surface area contributed by atoms with Crippen LogP contribution in [0.5, 0.6) is 0 Å². The van der Waals surface area contributed by atoms with E-state index in [1.165, 1.54) is 6.08 Å². The van der Waals surface area contributed by atoms with Gasteiger partial charge < -0.3 is 30.0 Å². The minimum Gasteiger partial charge on any atom is -0.467 e. The molecule has 30 heavy (non-hydrogen) atoms. The first-order valence-electron chi connectivity index (χ1n) is 9.87. The van der Waals surface area contributed by atoms with Gasteiger partial charge in [0.25, 0.3) is 0 Å². The van der Waals surface area contributed by atoms with Crippen molar-refractivity contribution < 1.29 is 33.7 Å². The second-order valence-corrected chi connectivity index (χ2v) is 9.44. The molecular weight excluding hydrogens is 392 g/mol. The van der Waals surface area contributed by atoms with Crippen LogP contribution in [0, 0.1) is 5.92 Å². The minimum atomic E-state index is -1.94. The van der Waals surface area contributed by atoms with Crippen LogP contribution in [0.25, 0.3) is 0 Å². The van der Waals surface area contributed by atoms with Crippen LogP contribution in [-0.4, -0.2) is 59.3 Å². The topological polar surface area (TPSA) is 123 Å². The van der Waals surface area contributed by atoms with Gasteiger partial charge in [0.2, 0.25) is 0 Å². The highest BCUT2D eigenvalue weighted by Gasteiger charge is 2.51. The molecule has 0 aliphatic rings. The van der Waals surface area contributed by atoms with E-state index < -0.39 is 47.0 Å². The maximum Gasteiger partial charge on any atom is 0.408 e. The van der Waals surface area contributed by atoms with E-state index in [1.807, 2.05) is 0 Å². The average molecular weight is 431 g/mol. The largest absolute Gasteiger partial charge is 0.467 e. The molecule has 0 bridgehead atoms. The number of nitrogens with one attached hydrogen (secondary N) is 2. The molecule has 0 radical (unpaired) electrons. The summed E-state index contributed by atoms with van der Waals surface area (Å²) in [6, 6.07) is -0.964. The van der Waals surface area contributed by atoms with Gasteiger partial charge in [-0.05, 0) is 47.5 Å². The zero-order chi connectivity index (χ0) is 23.9. The Kier molecular flexibility index (Phi) is 9.84. The Balaban J connectivity index is 6.07. The van der Waals surface area contributed by atoms with Gasteiger partial charge in [0, 0.05) is 6.42 Å². The van der Waals surface area contributed by atoms with E-state index in [-0.39, 0.29) is 12.3 Å². The zero-order valence-corrected chi connectivity index (χ0v) is 19.6. The molecule has 0 aliphatic carbocycles. The number of hydrogen-bond acceptors (Lipinski definition) is 7. The molecule has 0 spiro atoms. The molecule has 0 fully saturated rings. The quantitative estimate of drug-likeness (QED) is 0.307. The maximum absolute atomic E-state index is 12.8. The zero-order valence-electron chi connectivity index (χ0n) is 19.6. The highest BCUT2D eigenvalue weighted by atomic mass is 16.6. The summed E-state index contributed by atoms with van der Waals surface area (Å²) in [7, 11) is 1.13. The monoisotopic (exact) mass is 430 g/mol. The number of aliphatic hydroxyl groups is 1. The van der Waals surface area contributed by atoms with Crippen molar-refractivity contribution in [2.75, 3.05) is 7.11 Å². The third-order valence-corrected chi connectivity index (χ3v) is 3.99. The van der Waals surface area contributed by atoms with Crippen molar-refractivity contribution in [2.45, 2.75) is 90.7 Å². The molecule has 0 saturated carbocycles. The second-order valence-electron chi connectivity index (χ2n) is 9.44. The van der Waals surface area contributed by atoms with E-state index in [9.17, 15) is 19.5 Å². The Morgan fingerprint density at radius 2 is 1.47 bits per heavy atom. The van der Waals surface area contributed by atoms with E-state index >= 15 is 0 Å². The van der Waals surface area contributed by atoms with Gasteiger partial charge in [-0.25, -0.2) is 14.4 Å². The lowest BCUT2D eigenvalue weighted by Gasteiger charge is -2.40. The van der Waals surface area contributed by atoms with E-state index in [4.69, 9.17) is 14.2 Å². The summed E-state index contributed by atoms with van der Waals surface area (Å²) < 4.78 is 15.4. The summed E-state index contributed by atoms with van der Waals surface area (Å²) in [5.41, 5.74) is -3.54. The molecule has 9 nitrogen and oxygen atoms in total. The van der Waals surface area contributed by atoms with Crippen molar-refractivity contribution in [1.29, 1.82) is 0 Å². The molecule has 0 unspecified atom stereocenters. The molecule has 0 rings (SSSR count). The van der Waals surface area contributed by atoms with Crippen molar-refractivity contribution >= 4 is 18.2 Å². The maximum atomic E-state index is 12.8. The molecule has 3 N–H and O–H groups in total. The minimum absolute atomic E-state index is 0.167. The summed E-state index contributed by atoms with van der Waals surface area (Å²) in [6.45, 7) is 17.2. The molecule has 2 amide bonds. The summed E-state index contributed by atoms with van der Waals surface area (Å²) in [5, 5.41) is 16.3. The van der Waals surface area contributed by atoms with Gasteiger partial charge in [0.05, 0.1) is 13.2 Å². The van der Waals surface area contributed by atoms with Gasteiger partial charge >= 0.3 is 18.2 Å². The number of alkyl carbamates (subject to hydrolysis) is 2. The van der Waals surface area contributed by atoms with Crippen LogP contribution < -0.4 is 10.6 Å². The van der Waals surface area contributed by atoms with E-state index in [2.05, 4.69) is 17.2 Å². The van der Waals surface area contributed by atoms with Crippen molar-refractivity contribution in [1.82, 2.24) is 10.6 Å². The number of esters is 1. The van der Waals surface area contributed by atoms with Crippen LogP contribution in [0.15, 0.2) is 12.7 Å². The van der Waals surface area contributed by atoms with Gasteiger partial charge in [0.1, 0.15) is 17.3 Å².